The van der Waals surface area contributed by atoms with Crippen molar-refractivity contribution in [2.45, 2.75) is 77.1 Å². The summed E-state index contributed by atoms with van der Waals surface area (Å²) in [5, 5.41) is 6.77. The number of carbonyl (C=O) groups is 1. The van der Waals surface area contributed by atoms with Gasteiger partial charge in [-0.1, -0.05) is 6.42 Å². The van der Waals surface area contributed by atoms with Crippen molar-refractivity contribution in [3.8, 4) is 0 Å². The summed E-state index contributed by atoms with van der Waals surface area (Å²) in [5.74, 6) is 0.522. The molecule has 1 saturated carbocycles. The van der Waals surface area contributed by atoms with Gasteiger partial charge in [-0.15, -0.1) is 0 Å². The fourth-order valence-corrected chi connectivity index (χ4v) is 3.65. The van der Waals surface area contributed by atoms with E-state index in [0.29, 0.717) is 30.6 Å². The minimum atomic E-state index is -0.429. The van der Waals surface area contributed by atoms with Crippen LogP contribution in [0.5, 0.6) is 0 Å². The van der Waals surface area contributed by atoms with Crippen molar-refractivity contribution >= 4 is 6.09 Å². The molecule has 128 valence electrons. The van der Waals surface area contributed by atoms with E-state index in [0.717, 1.165) is 6.54 Å². The van der Waals surface area contributed by atoms with Crippen molar-refractivity contribution in [3.63, 3.8) is 0 Å². The van der Waals surface area contributed by atoms with Crippen LogP contribution in [0.4, 0.5) is 4.79 Å². The molecule has 0 bridgehead atoms. The molecule has 0 aromatic rings. The first kappa shape index (κ1) is 17.5. The summed E-state index contributed by atoms with van der Waals surface area (Å²) in [6, 6.07) is 1.78. The fraction of sp³-hybridized carbons (Fsp3) is 0.941. The largest absolute Gasteiger partial charge is 0.444 e. The number of ether oxygens (including phenoxy) is 1. The van der Waals surface area contributed by atoms with Crippen molar-refractivity contribution in [1.29, 1.82) is 0 Å². The van der Waals surface area contributed by atoms with Gasteiger partial charge < -0.3 is 20.3 Å². The quantitative estimate of drug-likeness (QED) is 0.837. The zero-order chi connectivity index (χ0) is 16.3. The SMILES string of the molecule is CC1CC(NC2CCCC2CNC(=O)OC(C)(C)C)CN1C. The van der Waals surface area contributed by atoms with Crippen LogP contribution < -0.4 is 10.6 Å². The highest BCUT2D eigenvalue weighted by Crippen LogP contribution is 2.27. The predicted octanol–water partition coefficient (Wildman–Crippen LogP) is 2.36. The topological polar surface area (TPSA) is 53.6 Å². The van der Waals surface area contributed by atoms with Gasteiger partial charge in [0.1, 0.15) is 5.60 Å². The van der Waals surface area contributed by atoms with E-state index in [4.69, 9.17) is 4.74 Å². The fourth-order valence-electron chi connectivity index (χ4n) is 3.65. The first-order valence-electron chi connectivity index (χ1n) is 8.68. The minimum Gasteiger partial charge on any atom is -0.444 e. The van der Waals surface area contributed by atoms with E-state index in [1.165, 1.54) is 25.7 Å². The first-order chi connectivity index (χ1) is 10.2. The van der Waals surface area contributed by atoms with Crippen molar-refractivity contribution in [1.82, 2.24) is 15.5 Å². The summed E-state index contributed by atoms with van der Waals surface area (Å²) in [4.78, 5) is 14.2. The standard InChI is InChI=1S/C17H33N3O2/c1-12-9-14(11-20(12)5)19-15-8-6-7-13(15)10-18-16(21)22-17(2,3)4/h12-15,19H,6-11H2,1-5H3,(H,18,21). The Labute approximate surface area is 135 Å². The summed E-state index contributed by atoms with van der Waals surface area (Å²) in [6.45, 7) is 9.81. The molecule has 0 aromatic carbocycles. The second-order valence-corrected chi connectivity index (χ2v) is 8.07. The van der Waals surface area contributed by atoms with Gasteiger partial charge in [0.05, 0.1) is 0 Å². The van der Waals surface area contributed by atoms with Gasteiger partial charge in [-0.3, -0.25) is 0 Å². The van der Waals surface area contributed by atoms with E-state index in [1.807, 2.05) is 20.8 Å². The average Bonchev–Trinajstić information content (AvgIpc) is 2.93. The molecule has 1 aliphatic carbocycles. The summed E-state index contributed by atoms with van der Waals surface area (Å²) in [5.41, 5.74) is -0.429. The Morgan fingerprint density at radius 1 is 1.32 bits per heavy atom. The van der Waals surface area contributed by atoms with E-state index in [-0.39, 0.29) is 6.09 Å². The molecular weight excluding hydrogens is 278 g/mol. The average molecular weight is 311 g/mol. The van der Waals surface area contributed by atoms with E-state index in [9.17, 15) is 4.79 Å². The molecule has 22 heavy (non-hydrogen) atoms. The third-order valence-electron chi connectivity index (χ3n) is 4.90. The van der Waals surface area contributed by atoms with E-state index in [1.54, 1.807) is 0 Å². The monoisotopic (exact) mass is 311 g/mol. The molecule has 5 nitrogen and oxygen atoms in total. The Morgan fingerprint density at radius 2 is 2.05 bits per heavy atom. The number of hydrogen-bond donors (Lipinski definition) is 2. The molecule has 0 spiro atoms. The van der Waals surface area contributed by atoms with Crippen LogP contribution >= 0.6 is 0 Å². The Balaban J connectivity index is 1.75. The van der Waals surface area contributed by atoms with Gasteiger partial charge in [-0.05, 0) is 59.9 Å². The van der Waals surface area contributed by atoms with Crippen molar-refractivity contribution < 1.29 is 9.53 Å². The molecule has 1 aliphatic heterocycles. The van der Waals surface area contributed by atoms with Gasteiger partial charge in [0, 0.05) is 31.2 Å². The minimum absolute atomic E-state index is 0.299. The predicted molar refractivity (Wildman–Crippen MR) is 89.0 cm³/mol. The molecule has 0 radical (unpaired) electrons. The molecule has 2 aliphatic rings. The number of nitrogens with one attached hydrogen (secondary N) is 2. The summed E-state index contributed by atoms with van der Waals surface area (Å²) in [7, 11) is 2.20. The van der Waals surface area contributed by atoms with Crippen LogP contribution in [0.3, 0.4) is 0 Å². The molecular formula is C17H33N3O2. The molecule has 4 unspecified atom stereocenters. The van der Waals surface area contributed by atoms with E-state index in [2.05, 4.69) is 29.5 Å². The third kappa shape index (κ3) is 5.13. The van der Waals surface area contributed by atoms with E-state index < -0.39 is 5.60 Å². The zero-order valence-electron chi connectivity index (χ0n) is 14.8. The van der Waals surface area contributed by atoms with Crippen LogP contribution in [-0.2, 0) is 4.74 Å². The molecule has 4 atom stereocenters. The third-order valence-corrected chi connectivity index (χ3v) is 4.90. The number of nitrogens with zero attached hydrogens (tertiary/aromatic N) is 1. The highest BCUT2D eigenvalue weighted by molar-refractivity contribution is 5.67. The van der Waals surface area contributed by atoms with Gasteiger partial charge in [0.25, 0.3) is 0 Å². The number of likely N-dealkylation sites (tertiary alicyclic amines) is 1. The maximum atomic E-state index is 11.8. The number of amides is 1. The normalized spacial score (nSPS) is 33.1. The van der Waals surface area contributed by atoms with Gasteiger partial charge in [0.15, 0.2) is 0 Å². The molecule has 2 N–H and O–H groups in total. The van der Waals surface area contributed by atoms with Crippen LogP contribution in [0.15, 0.2) is 0 Å². The Morgan fingerprint density at radius 3 is 2.64 bits per heavy atom. The smallest absolute Gasteiger partial charge is 0.407 e. The maximum absolute atomic E-state index is 11.8. The van der Waals surface area contributed by atoms with Gasteiger partial charge in [-0.25, -0.2) is 4.79 Å². The number of alkyl carbamates (subject to hydrolysis) is 1. The lowest BCUT2D eigenvalue weighted by atomic mass is 10.0. The van der Waals surface area contributed by atoms with Crippen molar-refractivity contribution in [2.24, 2.45) is 5.92 Å². The number of rotatable bonds is 4. The lowest BCUT2D eigenvalue weighted by molar-refractivity contribution is 0.0517. The Kier molecular flexibility index (Phi) is 5.72. The summed E-state index contributed by atoms with van der Waals surface area (Å²) in [6.07, 6.45) is 4.57. The molecule has 1 heterocycles. The Hall–Kier alpha value is -0.810. The maximum Gasteiger partial charge on any atom is 0.407 e. The summed E-state index contributed by atoms with van der Waals surface area (Å²) >= 11 is 0. The Bertz CT molecular complexity index is 371. The molecule has 2 rings (SSSR count). The van der Waals surface area contributed by atoms with Crippen molar-refractivity contribution in [2.75, 3.05) is 20.1 Å². The molecule has 5 heteroatoms. The first-order valence-corrected chi connectivity index (χ1v) is 8.68. The van der Waals surface area contributed by atoms with Gasteiger partial charge >= 0.3 is 6.09 Å². The highest BCUT2D eigenvalue weighted by atomic mass is 16.6. The second kappa shape index (κ2) is 7.18. The number of carbonyl (C=O) groups excluding carboxylic acids is 1. The molecule has 1 amide bonds. The van der Waals surface area contributed by atoms with Gasteiger partial charge in [0.2, 0.25) is 0 Å². The van der Waals surface area contributed by atoms with E-state index >= 15 is 0 Å². The van der Waals surface area contributed by atoms with Crippen LogP contribution in [0.1, 0.15) is 53.4 Å². The van der Waals surface area contributed by atoms with Crippen LogP contribution in [0, 0.1) is 5.92 Å². The molecule has 0 aromatic heterocycles. The summed E-state index contributed by atoms with van der Waals surface area (Å²) < 4.78 is 5.32. The lowest BCUT2D eigenvalue weighted by Crippen LogP contribution is -2.45. The van der Waals surface area contributed by atoms with Crippen LogP contribution in [0.2, 0.25) is 0 Å². The molecule has 2 fully saturated rings. The van der Waals surface area contributed by atoms with Crippen LogP contribution in [-0.4, -0.2) is 54.9 Å². The lowest BCUT2D eigenvalue weighted by Gasteiger charge is -2.26. The zero-order valence-corrected chi connectivity index (χ0v) is 14.8. The second-order valence-electron chi connectivity index (χ2n) is 8.07. The van der Waals surface area contributed by atoms with Crippen LogP contribution in [0.25, 0.3) is 0 Å². The number of likely N-dealkylation sites (N-methyl/N-ethyl adjacent to an activating group) is 1. The van der Waals surface area contributed by atoms with Gasteiger partial charge in [-0.2, -0.15) is 0 Å². The van der Waals surface area contributed by atoms with Crippen molar-refractivity contribution in [3.05, 3.63) is 0 Å². The molecule has 1 saturated heterocycles. The number of hydrogen-bond acceptors (Lipinski definition) is 4. The highest BCUT2D eigenvalue weighted by Gasteiger charge is 2.33.